The molecule has 1 amide bonds. The minimum atomic E-state index is -0.217. The van der Waals surface area contributed by atoms with E-state index < -0.39 is 0 Å². The summed E-state index contributed by atoms with van der Waals surface area (Å²) in [6.45, 7) is 4.17. The molecule has 1 N–H and O–H groups in total. The standard InChI is InChI=1S/C23H27NO3/c1-16-14-24(12-10-17(16)11-13-25)23(26)27-15-22-20-8-4-2-6-18(20)19-7-3-5-9-21(19)22/h2-9,16-17,22,25H,10-15H2,1H3. The largest absolute Gasteiger partial charge is 0.448 e. The Kier molecular flexibility index (Phi) is 5.17. The second-order valence-corrected chi connectivity index (χ2v) is 7.79. The van der Waals surface area contributed by atoms with Gasteiger partial charge in [0.1, 0.15) is 6.61 Å². The van der Waals surface area contributed by atoms with E-state index >= 15 is 0 Å². The number of ether oxygens (including phenoxy) is 1. The molecule has 142 valence electrons. The third-order valence-electron chi connectivity index (χ3n) is 6.18. The predicted molar refractivity (Wildman–Crippen MR) is 106 cm³/mol. The molecule has 2 unspecified atom stereocenters. The first-order valence-electron chi connectivity index (χ1n) is 9.89. The van der Waals surface area contributed by atoms with Crippen molar-refractivity contribution >= 4 is 6.09 Å². The lowest BCUT2D eigenvalue weighted by atomic mass is 9.85. The maximum atomic E-state index is 12.6. The lowest BCUT2D eigenvalue weighted by Crippen LogP contribution is -2.43. The van der Waals surface area contributed by atoms with E-state index in [1.807, 2.05) is 17.0 Å². The maximum Gasteiger partial charge on any atom is 0.409 e. The van der Waals surface area contributed by atoms with Gasteiger partial charge < -0.3 is 14.7 Å². The van der Waals surface area contributed by atoms with Crippen LogP contribution in [0.2, 0.25) is 0 Å². The Balaban J connectivity index is 1.43. The van der Waals surface area contributed by atoms with Gasteiger partial charge >= 0.3 is 6.09 Å². The van der Waals surface area contributed by atoms with E-state index in [0.29, 0.717) is 31.5 Å². The van der Waals surface area contributed by atoms with Gasteiger partial charge in [0.25, 0.3) is 0 Å². The molecule has 1 heterocycles. The molecule has 1 fully saturated rings. The molecule has 1 aliphatic carbocycles. The first kappa shape index (κ1) is 18.1. The number of hydrogen-bond acceptors (Lipinski definition) is 3. The zero-order chi connectivity index (χ0) is 18.8. The number of carbonyl (C=O) groups is 1. The van der Waals surface area contributed by atoms with Crippen molar-refractivity contribution in [2.24, 2.45) is 11.8 Å². The lowest BCUT2D eigenvalue weighted by Gasteiger charge is -2.36. The van der Waals surface area contributed by atoms with Crippen molar-refractivity contribution in [1.29, 1.82) is 0 Å². The molecule has 0 aromatic heterocycles. The average Bonchev–Trinajstić information content (AvgIpc) is 3.02. The molecule has 1 saturated heterocycles. The number of piperidine rings is 1. The van der Waals surface area contributed by atoms with Gasteiger partial charge in [-0.25, -0.2) is 4.79 Å². The highest BCUT2D eigenvalue weighted by Gasteiger charge is 2.32. The van der Waals surface area contributed by atoms with Gasteiger partial charge in [0, 0.05) is 25.6 Å². The van der Waals surface area contributed by atoms with Crippen LogP contribution in [0.4, 0.5) is 4.79 Å². The maximum absolute atomic E-state index is 12.6. The zero-order valence-corrected chi connectivity index (χ0v) is 15.8. The summed E-state index contributed by atoms with van der Waals surface area (Å²) in [7, 11) is 0. The van der Waals surface area contributed by atoms with Crippen LogP contribution in [0, 0.1) is 11.8 Å². The molecule has 27 heavy (non-hydrogen) atoms. The molecule has 2 aromatic rings. The third-order valence-corrected chi connectivity index (χ3v) is 6.18. The number of carbonyl (C=O) groups excluding carboxylic acids is 1. The molecule has 4 rings (SSSR count). The van der Waals surface area contributed by atoms with Gasteiger partial charge in [0.15, 0.2) is 0 Å². The van der Waals surface area contributed by atoms with Crippen LogP contribution < -0.4 is 0 Å². The number of aliphatic hydroxyl groups excluding tert-OH is 1. The quantitative estimate of drug-likeness (QED) is 0.880. The Labute approximate surface area is 160 Å². The number of amides is 1. The van der Waals surface area contributed by atoms with Crippen molar-refractivity contribution in [3.8, 4) is 11.1 Å². The van der Waals surface area contributed by atoms with Crippen LogP contribution in [0.1, 0.15) is 36.8 Å². The summed E-state index contributed by atoms with van der Waals surface area (Å²) in [5.74, 6) is 0.990. The van der Waals surface area contributed by atoms with E-state index in [0.717, 1.165) is 12.8 Å². The fourth-order valence-electron chi connectivity index (χ4n) is 4.64. The summed E-state index contributed by atoms with van der Waals surface area (Å²) in [5.41, 5.74) is 4.96. The number of benzene rings is 2. The minimum Gasteiger partial charge on any atom is -0.448 e. The van der Waals surface area contributed by atoms with Crippen LogP contribution in [0.25, 0.3) is 11.1 Å². The Morgan fingerprint density at radius 2 is 1.74 bits per heavy atom. The minimum absolute atomic E-state index is 0.103. The summed E-state index contributed by atoms with van der Waals surface area (Å²) in [6, 6.07) is 16.8. The zero-order valence-electron chi connectivity index (χ0n) is 15.8. The smallest absolute Gasteiger partial charge is 0.409 e. The average molecular weight is 365 g/mol. The summed E-state index contributed by atoms with van der Waals surface area (Å²) >= 11 is 0. The van der Waals surface area contributed by atoms with Gasteiger partial charge in [-0.2, -0.15) is 0 Å². The molecule has 4 heteroatoms. The van der Waals surface area contributed by atoms with Crippen LogP contribution >= 0.6 is 0 Å². The SMILES string of the molecule is CC1CN(C(=O)OCC2c3ccccc3-c3ccccc32)CCC1CCO. The molecule has 2 aromatic carbocycles. The van der Waals surface area contributed by atoms with Gasteiger partial charge in [0.2, 0.25) is 0 Å². The van der Waals surface area contributed by atoms with Crippen LogP contribution in [0.15, 0.2) is 48.5 Å². The Hall–Kier alpha value is -2.33. The van der Waals surface area contributed by atoms with Crippen LogP contribution in [-0.2, 0) is 4.74 Å². The molecule has 0 spiro atoms. The molecule has 4 nitrogen and oxygen atoms in total. The third kappa shape index (κ3) is 3.46. The van der Waals surface area contributed by atoms with Gasteiger partial charge in [-0.3, -0.25) is 0 Å². The molecule has 2 aliphatic rings. The van der Waals surface area contributed by atoms with Gasteiger partial charge in [0.05, 0.1) is 0 Å². The summed E-state index contributed by atoms with van der Waals surface area (Å²) in [6.07, 6.45) is 1.54. The molecular formula is C23H27NO3. The fourth-order valence-corrected chi connectivity index (χ4v) is 4.64. The predicted octanol–water partition coefficient (Wildman–Crippen LogP) is 4.28. The van der Waals surface area contributed by atoms with Crippen molar-refractivity contribution < 1.29 is 14.6 Å². The van der Waals surface area contributed by atoms with Crippen molar-refractivity contribution in [1.82, 2.24) is 4.90 Å². The molecular weight excluding hydrogens is 338 g/mol. The second kappa shape index (κ2) is 7.73. The Morgan fingerprint density at radius 3 is 2.33 bits per heavy atom. The highest BCUT2D eigenvalue weighted by atomic mass is 16.6. The first-order chi connectivity index (χ1) is 13.2. The molecule has 2 atom stereocenters. The normalized spacial score (nSPS) is 21.6. The van der Waals surface area contributed by atoms with Crippen molar-refractivity contribution in [3.05, 3.63) is 59.7 Å². The van der Waals surface area contributed by atoms with E-state index in [1.54, 1.807) is 0 Å². The summed E-state index contributed by atoms with van der Waals surface area (Å²) in [4.78, 5) is 14.5. The molecule has 0 bridgehead atoms. The lowest BCUT2D eigenvalue weighted by molar-refractivity contribution is 0.0653. The van der Waals surface area contributed by atoms with E-state index in [4.69, 9.17) is 4.74 Å². The number of rotatable bonds is 4. The van der Waals surface area contributed by atoms with E-state index in [1.165, 1.54) is 22.3 Å². The van der Waals surface area contributed by atoms with E-state index in [2.05, 4.69) is 43.3 Å². The van der Waals surface area contributed by atoms with Crippen LogP contribution in [0.5, 0.6) is 0 Å². The van der Waals surface area contributed by atoms with Crippen LogP contribution in [0.3, 0.4) is 0 Å². The monoisotopic (exact) mass is 365 g/mol. The van der Waals surface area contributed by atoms with E-state index in [9.17, 15) is 9.90 Å². The number of hydrogen-bond donors (Lipinski definition) is 1. The van der Waals surface area contributed by atoms with Gasteiger partial charge in [-0.05, 0) is 46.9 Å². The molecule has 0 saturated carbocycles. The fraction of sp³-hybridized carbons (Fsp3) is 0.435. The highest BCUT2D eigenvalue weighted by molar-refractivity contribution is 5.79. The highest BCUT2D eigenvalue weighted by Crippen LogP contribution is 2.44. The van der Waals surface area contributed by atoms with Gasteiger partial charge in [-0.15, -0.1) is 0 Å². The van der Waals surface area contributed by atoms with Gasteiger partial charge in [-0.1, -0.05) is 55.5 Å². The summed E-state index contributed by atoms with van der Waals surface area (Å²) in [5, 5.41) is 9.17. The topological polar surface area (TPSA) is 49.8 Å². The van der Waals surface area contributed by atoms with Crippen LogP contribution in [-0.4, -0.2) is 42.4 Å². The Morgan fingerprint density at radius 1 is 1.11 bits per heavy atom. The second-order valence-electron chi connectivity index (χ2n) is 7.79. The van der Waals surface area contributed by atoms with Crippen molar-refractivity contribution in [2.45, 2.75) is 25.7 Å². The number of aliphatic hydroxyl groups is 1. The van der Waals surface area contributed by atoms with Crippen molar-refractivity contribution in [2.75, 3.05) is 26.3 Å². The van der Waals surface area contributed by atoms with E-state index in [-0.39, 0.29) is 18.6 Å². The number of nitrogens with zero attached hydrogens (tertiary/aromatic N) is 1. The summed E-state index contributed by atoms with van der Waals surface area (Å²) < 4.78 is 5.76. The number of likely N-dealkylation sites (tertiary alicyclic amines) is 1. The Bertz CT molecular complexity index is 773. The first-order valence-corrected chi connectivity index (χ1v) is 9.89. The molecule has 0 radical (unpaired) electrons. The van der Waals surface area contributed by atoms with Crippen molar-refractivity contribution in [3.63, 3.8) is 0 Å². The number of fused-ring (bicyclic) bond motifs is 3. The molecule has 1 aliphatic heterocycles.